The van der Waals surface area contributed by atoms with E-state index in [-0.39, 0.29) is 5.60 Å². The van der Waals surface area contributed by atoms with Crippen LogP contribution in [0.5, 0.6) is 0 Å². The summed E-state index contributed by atoms with van der Waals surface area (Å²) < 4.78 is 5.87. The highest BCUT2D eigenvalue weighted by Crippen LogP contribution is 2.39. The molecule has 2 heteroatoms. The Balaban J connectivity index is 2.59. The number of nitrogens with one attached hydrogen (secondary N) is 1. The van der Waals surface area contributed by atoms with Crippen LogP contribution < -0.4 is 5.32 Å². The molecule has 0 saturated heterocycles. The van der Waals surface area contributed by atoms with Crippen LogP contribution in [0.15, 0.2) is 0 Å². The molecule has 78 valence electrons. The van der Waals surface area contributed by atoms with Gasteiger partial charge in [-0.3, -0.25) is 0 Å². The van der Waals surface area contributed by atoms with E-state index in [1.165, 1.54) is 12.8 Å². The van der Waals surface area contributed by atoms with Gasteiger partial charge in [-0.05, 0) is 46.1 Å². The van der Waals surface area contributed by atoms with Crippen LogP contribution in [0, 0.1) is 5.92 Å². The van der Waals surface area contributed by atoms with E-state index in [1.807, 2.05) is 0 Å². The summed E-state index contributed by atoms with van der Waals surface area (Å²) in [5.41, 5.74) is 0.0324. The Labute approximate surface area is 82.0 Å². The van der Waals surface area contributed by atoms with Gasteiger partial charge >= 0.3 is 0 Å². The summed E-state index contributed by atoms with van der Waals surface area (Å²) >= 11 is 0. The molecule has 1 aliphatic rings. The average Bonchev–Trinajstić information content (AvgIpc) is 2.90. The second-order valence-corrected chi connectivity index (χ2v) is 4.20. The van der Waals surface area contributed by atoms with Crippen LogP contribution >= 0.6 is 0 Å². The van der Waals surface area contributed by atoms with Crippen molar-refractivity contribution in [1.29, 1.82) is 0 Å². The van der Waals surface area contributed by atoms with Crippen LogP contribution in [-0.2, 0) is 4.74 Å². The maximum absolute atomic E-state index is 5.87. The molecular formula is C11H23NO. The van der Waals surface area contributed by atoms with E-state index in [1.54, 1.807) is 0 Å². The molecule has 0 aromatic carbocycles. The van der Waals surface area contributed by atoms with Gasteiger partial charge in [-0.15, -0.1) is 0 Å². The van der Waals surface area contributed by atoms with Gasteiger partial charge in [-0.2, -0.15) is 0 Å². The third-order valence-corrected chi connectivity index (χ3v) is 3.24. The maximum Gasteiger partial charge on any atom is 0.0806 e. The number of ether oxygens (including phenoxy) is 1. The molecule has 0 spiro atoms. The Morgan fingerprint density at radius 1 is 1.46 bits per heavy atom. The lowest BCUT2D eigenvalue weighted by molar-refractivity contribution is -0.0587. The number of likely N-dealkylation sites (N-methyl/N-ethyl adjacent to an activating group) is 1. The van der Waals surface area contributed by atoms with E-state index in [9.17, 15) is 0 Å². The molecule has 1 fully saturated rings. The lowest BCUT2D eigenvalue weighted by atomic mass is 9.89. The molecule has 0 aromatic heterocycles. The standard InChI is InChI=1S/C11H23NO/c1-5-11(3,13-6-2)10(12-4)9-7-8-9/h9-10,12H,5-8H2,1-4H3. The monoisotopic (exact) mass is 185 g/mol. The van der Waals surface area contributed by atoms with Gasteiger partial charge in [0.05, 0.1) is 5.60 Å². The summed E-state index contributed by atoms with van der Waals surface area (Å²) in [6, 6.07) is 0.539. The van der Waals surface area contributed by atoms with Crippen LogP contribution in [0.2, 0.25) is 0 Å². The molecule has 1 saturated carbocycles. The quantitative estimate of drug-likeness (QED) is 0.685. The summed E-state index contributed by atoms with van der Waals surface area (Å²) in [4.78, 5) is 0. The summed E-state index contributed by atoms with van der Waals surface area (Å²) in [5.74, 6) is 0.849. The Bertz CT molecular complexity index is 156. The van der Waals surface area contributed by atoms with Crippen molar-refractivity contribution in [2.45, 2.75) is 51.7 Å². The highest BCUT2D eigenvalue weighted by Gasteiger charge is 2.42. The molecule has 0 aromatic rings. The summed E-state index contributed by atoms with van der Waals surface area (Å²) in [5, 5.41) is 3.42. The smallest absolute Gasteiger partial charge is 0.0806 e. The molecule has 0 aliphatic heterocycles. The van der Waals surface area contributed by atoms with Crippen molar-refractivity contribution in [3.05, 3.63) is 0 Å². The van der Waals surface area contributed by atoms with Crippen molar-refractivity contribution in [2.75, 3.05) is 13.7 Å². The molecule has 2 atom stereocenters. The summed E-state index contributed by atoms with van der Waals surface area (Å²) in [6.07, 6.45) is 3.82. The molecule has 0 heterocycles. The average molecular weight is 185 g/mol. The lowest BCUT2D eigenvalue weighted by Gasteiger charge is -2.37. The first-order valence-electron chi connectivity index (χ1n) is 5.49. The highest BCUT2D eigenvalue weighted by molar-refractivity contribution is 4.97. The molecule has 0 bridgehead atoms. The van der Waals surface area contributed by atoms with Gasteiger partial charge < -0.3 is 10.1 Å². The minimum Gasteiger partial charge on any atom is -0.374 e. The van der Waals surface area contributed by atoms with Gasteiger partial charge in [0.25, 0.3) is 0 Å². The summed E-state index contributed by atoms with van der Waals surface area (Å²) in [6.45, 7) is 7.33. The van der Waals surface area contributed by atoms with Gasteiger partial charge in [0.1, 0.15) is 0 Å². The zero-order valence-electron chi connectivity index (χ0n) is 9.39. The fraction of sp³-hybridized carbons (Fsp3) is 1.00. The predicted molar refractivity (Wildman–Crippen MR) is 55.9 cm³/mol. The fourth-order valence-corrected chi connectivity index (χ4v) is 2.21. The van der Waals surface area contributed by atoms with Crippen molar-refractivity contribution in [3.63, 3.8) is 0 Å². The highest BCUT2D eigenvalue weighted by atomic mass is 16.5. The Hall–Kier alpha value is -0.0800. The Kier molecular flexibility index (Phi) is 3.74. The van der Waals surface area contributed by atoms with Crippen LogP contribution in [-0.4, -0.2) is 25.3 Å². The molecule has 2 unspecified atom stereocenters. The molecule has 13 heavy (non-hydrogen) atoms. The van der Waals surface area contributed by atoms with Crippen LogP contribution in [0.25, 0.3) is 0 Å². The molecule has 2 nitrogen and oxygen atoms in total. The molecule has 0 radical (unpaired) electrons. The molecule has 1 rings (SSSR count). The number of hydrogen-bond donors (Lipinski definition) is 1. The van der Waals surface area contributed by atoms with Gasteiger partial charge in [0, 0.05) is 12.6 Å². The van der Waals surface area contributed by atoms with E-state index in [2.05, 4.69) is 33.1 Å². The minimum atomic E-state index is 0.0324. The second kappa shape index (κ2) is 4.43. The number of rotatable bonds is 6. The van der Waals surface area contributed by atoms with Crippen molar-refractivity contribution in [2.24, 2.45) is 5.92 Å². The normalized spacial score (nSPS) is 24.0. The van der Waals surface area contributed by atoms with E-state index < -0.39 is 0 Å². The lowest BCUT2D eigenvalue weighted by Crippen LogP contribution is -2.50. The topological polar surface area (TPSA) is 21.3 Å². The van der Waals surface area contributed by atoms with E-state index in [0.717, 1.165) is 18.9 Å². The third-order valence-electron chi connectivity index (χ3n) is 3.24. The van der Waals surface area contributed by atoms with E-state index >= 15 is 0 Å². The SMILES string of the molecule is CCOC(C)(CC)C(NC)C1CC1. The largest absolute Gasteiger partial charge is 0.374 e. The van der Waals surface area contributed by atoms with Crippen molar-refractivity contribution in [3.8, 4) is 0 Å². The van der Waals surface area contributed by atoms with Gasteiger partial charge in [0.2, 0.25) is 0 Å². The first-order valence-corrected chi connectivity index (χ1v) is 5.49. The van der Waals surface area contributed by atoms with Crippen LogP contribution in [0.3, 0.4) is 0 Å². The summed E-state index contributed by atoms with van der Waals surface area (Å²) in [7, 11) is 2.05. The first-order chi connectivity index (χ1) is 6.18. The van der Waals surface area contributed by atoms with E-state index in [0.29, 0.717) is 6.04 Å². The third kappa shape index (κ3) is 2.44. The Morgan fingerprint density at radius 2 is 2.08 bits per heavy atom. The molecule has 1 N–H and O–H groups in total. The maximum atomic E-state index is 5.87. The van der Waals surface area contributed by atoms with Crippen LogP contribution in [0.1, 0.15) is 40.0 Å². The Morgan fingerprint density at radius 3 is 2.38 bits per heavy atom. The van der Waals surface area contributed by atoms with E-state index in [4.69, 9.17) is 4.74 Å². The van der Waals surface area contributed by atoms with Crippen molar-refractivity contribution >= 4 is 0 Å². The minimum absolute atomic E-state index is 0.0324. The van der Waals surface area contributed by atoms with Gasteiger partial charge in [0.15, 0.2) is 0 Å². The number of hydrogen-bond acceptors (Lipinski definition) is 2. The first kappa shape index (κ1) is 11.0. The molecule has 0 amide bonds. The van der Waals surface area contributed by atoms with Crippen LogP contribution in [0.4, 0.5) is 0 Å². The predicted octanol–water partition coefficient (Wildman–Crippen LogP) is 2.19. The zero-order valence-corrected chi connectivity index (χ0v) is 9.39. The molecular weight excluding hydrogens is 162 g/mol. The fourth-order valence-electron chi connectivity index (χ4n) is 2.21. The second-order valence-electron chi connectivity index (χ2n) is 4.20. The van der Waals surface area contributed by atoms with Crippen molar-refractivity contribution in [1.82, 2.24) is 5.32 Å². The van der Waals surface area contributed by atoms with Crippen molar-refractivity contribution < 1.29 is 4.74 Å². The zero-order chi connectivity index (χ0) is 9.90. The molecule has 1 aliphatic carbocycles. The van der Waals surface area contributed by atoms with Gasteiger partial charge in [-0.1, -0.05) is 6.92 Å². The van der Waals surface area contributed by atoms with Gasteiger partial charge in [-0.25, -0.2) is 0 Å².